The summed E-state index contributed by atoms with van der Waals surface area (Å²) in [6.07, 6.45) is -19.7. The van der Waals surface area contributed by atoms with Gasteiger partial charge in [0.1, 0.15) is 43.2 Å². The van der Waals surface area contributed by atoms with Crippen LogP contribution in [0.4, 0.5) is 0 Å². The Morgan fingerprint density at radius 2 is 0.479 bits per heavy atom. The first-order valence-electron chi connectivity index (χ1n) is 31.9. The largest absolute Gasteiger partial charge is 0.391 e. The maximum atomic E-state index is 14.0. The van der Waals surface area contributed by atoms with E-state index in [1.54, 1.807) is 0 Å². The van der Waals surface area contributed by atoms with Crippen LogP contribution in [-0.2, 0) is 89.1 Å². The molecule has 0 aliphatic carbocycles. The van der Waals surface area contributed by atoms with Crippen molar-refractivity contribution in [1.29, 1.82) is 0 Å². The van der Waals surface area contributed by atoms with Crippen molar-refractivity contribution >= 4 is 60.7 Å². The normalized spacial score (nSPS) is 51.2. The highest BCUT2D eigenvalue weighted by Crippen LogP contribution is 2.58. The van der Waals surface area contributed by atoms with Crippen LogP contribution in [0.15, 0.2) is 0 Å². The fourth-order valence-corrected chi connectivity index (χ4v) is 26.6. The maximum absolute atomic E-state index is 14.0. The molecule has 566 valence electrons. The molecule has 0 spiro atoms. The number of aliphatic hydroxyl groups is 8. The molecular formula is C58H106O32S6. The van der Waals surface area contributed by atoms with E-state index in [4.69, 9.17) is 28.4 Å². The van der Waals surface area contributed by atoms with E-state index in [0.29, 0.717) is 0 Å². The number of rotatable bonds is 21. The molecule has 0 bridgehead atoms. The van der Waals surface area contributed by atoms with Gasteiger partial charge in [0.25, 0.3) is 60.7 Å². The molecule has 6 aliphatic heterocycles. The Balaban J connectivity index is 1.29. The molecule has 6 aliphatic rings. The zero-order valence-electron chi connectivity index (χ0n) is 57.5. The van der Waals surface area contributed by atoms with Crippen molar-refractivity contribution in [2.45, 2.75) is 331 Å². The Labute approximate surface area is 564 Å². The molecule has 0 aromatic rings. The van der Waals surface area contributed by atoms with Crippen LogP contribution in [-0.4, -0.2) is 261 Å². The van der Waals surface area contributed by atoms with Gasteiger partial charge in [-0.15, -0.1) is 0 Å². The first-order valence-corrected chi connectivity index (χ1v) is 40.9. The summed E-state index contributed by atoms with van der Waals surface area (Å²) >= 11 is 0. The Morgan fingerprint density at radius 1 is 0.271 bits per heavy atom. The summed E-state index contributed by atoms with van der Waals surface area (Å²) in [6, 6.07) is 0. The van der Waals surface area contributed by atoms with E-state index >= 15 is 0 Å². The minimum atomic E-state index is -5.50. The van der Waals surface area contributed by atoms with E-state index in [1.165, 1.54) is 111 Å². The van der Waals surface area contributed by atoms with E-state index in [9.17, 15) is 119 Å². The average molecular weight is 1510 g/mol. The van der Waals surface area contributed by atoms with Gasteiger partial charge in [-0.3, -0.25) is 27.3 Å². The van der Waals surface area contributed by atoms with Crippen molar-refractivity contribution in [2.24, 2.45) is 28.6 Å². The van der Waals surface area contributed by atoms with Gasteiger partial charge in [0.2, 0.25) is 0 Å². The molecule has 0 saturated carbocycles. The topological polar surface area (TPSA) is 543 Å². The first-order chi connectivity index (χ1) is 42.4. The molecule has 6 fully saturated rings. The second-order valence-electron chi connectivity index (χ2n) is 31.5. The van der Waals surface area contributed by atoms with Crippen molar-refractivity contribution < 1.29 is 147 Å². The van der Waals surface area contributed by atoms with E-state index in [-0.39, 0.29) is 0 Å². The van der Waals surface area contributed by atoms with Crippen molar-refractivity contribution in [3.63, 3.8) is 0 Å². The highest BCUT2D eigenvalue weighted by atomic mass is 32.2. The number of ether oxygens (including phenoxy) is 6. The summed E-state index contributed by atoms with van der Waals surface area (Å²) in [4.78, 5) is 0. The van der Waals surface area contributed by atoms with Crippen LogP contribution in [0, 0.1) is 28.6 Å². The summed E-state index contributed by atoms with van der Waals surface area (Å²) in [5, 5.41) is 80.8. The summed E-state index contributed by atoms with van der Waals surface area (Å²) in [6.45, 7) is 22.5. The summed E-state index contributed by atoms with van der Waals surface area (Å²) in [5.41, 5.74) is -23.1. The minimum absolute atomic E-state index is 0.454. The third-order valence-corrected chi connectivity index (χ3v) is 33.1. The third kappa shape index (κ3) is 15.0. The SMILES string of the molecule is CC1OC(C)(CCC2C(S(=O)(=O)O)C(C)(CCC3(C)C(C)OC(C)(CCC4C(S(=O)(=O)O)C(C)(CCC5(C)C(C)OC(C)(CCC6C(S(=O)(=O)O)C(C)(O)OC(C)C6(C)O)C(S(=O)(=O)O)C5O)OC(C)C4(C)O)C(S(=O)(=O)O)C3O)OC(C)C2(C)O)C(S(=O)(=O)O)C(O)C1(C)O. The fourth-order valence-electron chi connectivity index (χ4n) is 17.7. The third-order valence-electron chi connectivity index (χ3n) is 24.6. The number of aliphatic hydroxyl groups excluding tert-OH is 3. The molecule has 0 amide bonds. The molecule has 6 saturated heterocycles. The van der Waals surface area contributed by atoms with Crippen molar-refractivity contribution in [2.75, 3.05) is 0 Å². The maximum Gasteiger partial charge on any atom is 0.273 e. The van der Waals surface area contributed by atoms with Crippen LogP contribution in [0.5, 0.6) is 0 Å². The van der Waals surface area contributed by atoms with Gasteiger partial charge in [-0.1, -0.05) is 13.8 Å². The molecule has 14 N–H and O–H groups in total. The van der Waals surface area contributed by atoms with Gasteiger partial charge in [0, 0.05) is 28.6 Å². The van der Waals surface area contributed by atoms with Crippen molar-refractivity contribution in [3.8, 4) is 0 Å². The highest BCUT2D eigenvalue weighted by Gasteiger charge is 2.70. The van der Waals surface area contributed by atoms with Gasteiger partial charge in [0.05, 0.1) is 93.6 Å². The average Bonchev–Trinajstić information content (AvgIpc) is 0.735. The van der Waals surface area contributed by atoms with E-state index in [0.717, 1.165) is 13.8 Å². The number of hydrogen-bond donors (Lipinski definition) is 14. The van der Waals surface area contributed by atoms with E-state index in [2.05, 4.69) is 0 Å². The summed E-state index contributed by atoms with van der Waals surface area (Å²) < 4.78 is 264. The molecular weight excluding hydrogens is 1400 g/mol. The lowest BCUT2D eigenvalue weighted by Gasteiger charge is -2.58. The quantitative estimate of drug-likeness (QED) is 0.0722. The van der Waals surface area contributed by atoms with Gasteiger partial charge in [-0.05, 0) is 175 Å². The molecule has 96 heavy (non-hydrogen) atoms. The molecule has 38 heteroatoms. The Hall–Kier alpha value is -1.10. The lowest BCUT2D eigenvalue weighted by atomic mass is 9.63. The zero-order valence-corrected chi connectivity index (χ0v) is 62.4. The van der Waals surface area contributed by atoms with Crippen LogP contribution >= 0.6 is 0 Å². The molecule has 6 heterocycles. The molecule has 30 atom stereocenters. The lowest BCUT2D eigenvalue weighted by molar-refractivity contribution is -0.302. The van der Waals surface area contributed by atoms with Gasteiger partial charge in [-0.2, -0.15) is 50.5 Å². The summed E-state index contributed by atoms with van der Waals surface area (Å²) in [5.74, 6) is -7.48. The van der Waals surface area contributed by atoms with Gasteiger partial charge in [0.15, 0.2) is 5.79 Å². The van der Waals surface area contributed by atoms with Crippen LogP contribution in [0.2, 0.25) is 0 Å². The molecule has 0 aromatic carbocycles. The van der Waals surface area contributed by atoms with Crippen LogP contribution in [0.1, 0.15) is 189 Å². The van der Waals surface area contributed by atoms with Gasteiger partial charge >= 0.3 is 0 Å². The lowest BCUT2D eigenvalue weighted by Crippen LogP contribution is -2.71. The van der Waals surface area contributed by atoms with E-state index in [1.807, 2.05) is 0 Å². The second kappa shape index (κ2) is 25.9. The highest BCUT2D eigenvalue weighted by molar-refractivity contribution is 7.87. The number of hydrogen-bond acceptors (Lipinski definition) is 26. The van der Waals surface area contributed by atoms with Gasteiger partial charge < -0.3 is 69.3 Å². The smallest absolute Gasteiger partial charge is 0.273 e. The van der Waals surface area contributed by atoms with Crippen LogP contribution in [0.3, 0.4) is 0 Å². The van der Waals surface area contributed by atoms with E-state index < -0.39 is 296 Å². The molecule has 0 radical (unpaired) electrons. The van der Waals surface area contributed by atoms with Gasteiger partial charge in [-0.25, -0.2) is 0 Å². The molecule has 0 aromatic heterocycles. The predicted octanol–water partition coefficient (Wildman–Crippen LogP) is 1.39. The van der Waals surface area contributed by atoms with Crippen LogP contribution in [0.25, 0.3) is 0 Å². The summed E-state index contributed by atoms with van der Waals surface area (Å²) in [7, 11) is -32.2. The Kier molecular flexibility index (Phi) is 22.6. The molecule has 6 rings (SSSR count). The Morgan fingerprint density at radius 3 is 0.740 bits per heavy atom. The zero-order chi connectivity index (χ0) is 74.7. The minimum Gasteiger partial charge on any atom is -0.391 e. The monoisotopic (exact) mass is 1510 g/mol. The Bertz CT molecular complexity index is 3590. The first kappa shape index (κ1) is 83.8. The molecule has 30 unspecified atom stereocenters. The van der Waals surface area contributed by atoms with Crippen LogP contribution < -0.4 is 0 Å². The standard InChI is InChI=1S/C58H106O32S6/c1-29-47(7,25-28-53(13)42(92(70,71)72)36(55(15,63)32(4)88-53)20-23-51(11)46(96(82,83)84)40(61)57(17,65)34(6)89-51)38(59)44(94(76,77)78)49(9,85-29)22-19-35-41(91(67,68)69)52(12,87-31(3)54(35,14)62)27-26-48(8)30(2)86-50(10,45(39(48)60)95(79,80)81)24-21-37-43(93(73,74)75)58(18,66)90-33(5)56(37,16)64/h29-46,59-66H,19-28H2,1-18H3,(H,67,68,69)(H,70,71,72)(H,73,74,75)(H,76,77,78)(H,79,80,81)(H,82,83,84). The molecule has 32 nitrogen and oxygen atoms in total. The van der Waals surface area contributed by atoms with Crippen molar-refractivity contribution in [3.05, 3.63) is 0 Å². The predicted molar refractivity (Wildman–Crippen MR) is 341 cm³/mol. The van der Waals surface area contributed by atoms with Crippen molar-refractivity contribution in [1.82, 2.24) is 0 Å². The fraction of sp³-hybridized carbons (Fsp3) is 1.00. The second-order valence-corrected chi connectivity index (χ2v) is 40.7.